The number of aliphatic hydroxyl groups excluding tert-OH is 1. The predicted octanol–water partition coefficient (Wildman–Crippen LogP) is 3.28. The van der Waals surface area contributed by atoms with Crippen molar-refractivity contribution in [3.63, 3.8) is 0 Å². The van der Waals surface area contributed by atoms with Gasteiger partial charge in [-0.15, -0.1) is 0 Å². The van der Waals surface area contributed by atoms with E-state index < -0.39 is 6.10 Å². The van der Waals surface area contributed by atoms with E-state index in [1.807, 2.05) is 0 Å². The van der Waals surface area contributed by atoms with Crippen LogP contribution in [-0.4, -0.2) is 14.9 Å². The van der Waals surface area contributed by atoms with Gasteiger partial charge in [-0.2, -0.15) is 5.10 Å². The van der Waals surface area contributed by atoms with E-state index in [4.69, 9.17) is 0 Å². The molecule has 0 saturated carbocycles. The summed E-state index contributed by atoms with van der Waals surface area (Å²) >= 11 is 3.21. The van der Waals surface area contributed by atoms with Crippen LogP contribution in [0.4, 0.5) is 4.39 Å². The van der Waals surface area contributed by atoms with Crippen LogP contribution in [0.15, 0.2) is 35.1 Å². The van der Waals surface area contributed by atoms with Crippen molar-refractivity contribution in [3.8, 4) is 0 Å². The Morgan fingerprint density at radius 3 is 2.83 bits per heavy atom. The topological polar surface area (TPSA) is 38.0 Å². The molecule has 2 rings (SSSR count). The van der Waals surface area contributed by atoms with E-state index in [2.05, 4.69) is 28.0 Å². The van der Waals surface area contributed by atoms with Crippen LogP contribution in [0.1, 0.15) is 30.6 Å². The van der Waals surface area contributed by atoms with E-state index in [1.54, 1.807) is 23.1 Å². The van der Waals surface area contributed by atoms with Crippen LogP contribution in [-0.2, 0) is 6.54 Å². The van der Waals surface area contributed by atoms with Gasteiger partial charge in [0.2, 0.25) is 0 Å². The Bertz CT molecular complexity index is 521. The molecule has 3 nitrogen and oxygen atoms in total. The zero-order chi connectivity index (χ0) is 13.1. The van der Waals surface area contributed by atoms with Crippen molar-refractivity contribution >= 4 is 15.9 Å². The molecule has 0 saturated heterocycles. The lowest BCUT2D eigenvalue weighted by Gasteiger charge is -2.09. The average Bonchev–Trinajstić information content (AvgIpc) is 2.76. The van der Waals surface area contributed by atoms with Crippen molar-refractivity contribution in [2.24, 2.45) is 0 Å². The summed E-state index contributed by atoms with van der Waals surface area (Å²) in [6.45, 7) is 2.86. The summed E-state index contributed by atoms with van der Waals surface area (Å²) < 4.78 is 15.6. The zero-order valence-electron chi connectivity index (χ0n) is 9.98. The van der Waals surface area contributed by atoms with Gasteiger partial charge in [-0.1, -0.05) is 22.9 Å². The molecule has 1 N–H and O–H groups in total. The SMILES string of the molecule is CCCn1cc(C(O)c2cc(F)cc(Br)c2)cn1. The molecule has 18 heavy (non-hydrogen) atoms. The highest BCUT2D eigenvalue weighted by molar-refractivity contribution is 9.10. The summed E-state index contributed by atoms with van der Waals surface area (Å²) in [6.07, 6.45) is 3.51. The zero-order valence-corrected chi connectivity index (χ0v) is 11.6. The van der Waals surface area contributed by atoms with E-state index in [0.717, 1.165) is 13.0 Å². The van der Waals surface area contributed by atoms with Gasteiger partial charge in [-0.25, -0.2) is 4.39 Å². The molecule has 1 unspecified atom stereocenters. The minimum absolute atomic E-state index is 0.376. The Balaban J connectivity index is 2.26. The molecule has 0 aliphatic heterocycles. The number of aryl methyl sites for hydroxylation is 1. The van der Waals surface area contributed by atoms with E-state index >= 15 is 0 Å². The Labute approximate surface area is 113 Å². The van der Waals surface area contributed by atoms with Crippen LogP contribution in [0, 0.1) is 5.82 Å². The molecule has 0 amide bonds. The quantitative estimate of drug-likeness (QED) is 0.941. The van der Waals surface area contributed by atoms with Gasteiger partial charge in [0.1, 0.15) is 11.9 Å². The molecule has 1 atom stereocenters. The van der Waals surface area contributed by atoms with Gasteiger partial charge < -0.3 is 5.11 Å². The van der Waals surface area contributed by atoms with Crippen LogP contribution in [0.3, 0.4) is 0 Å². The Morgan fingerprint density at radius 2 is 2.17 bits per heavy atom. The normalized spacial score (nSPS) is 12.7. The molecule has 96 valence electrons. The summed E-state index contributed by atoms with van der Waals surface area (Å²) in [5.74, 6) is -0.376. The fraction of sp³-hybridized carbons (Fsp3) is 0.308. The Kier molecular flexibility index (Phi) is 4.14. The second-order valence-corrected chi connectivity index (χ2v) is 5.06. The van der Waals surface area contributed by atoms with Crippen LogP contribution in [0.2, 0.25) is 0 Å². The van der Waals surface area contributed by atoms with Gasteiger partial charge in [-0.05, 0) is 30.2 Å². The van der Waals surface area contributed by atoms with E-state index in [0.29, 0.717) is 15.6 Å². The minimum Gasteiger partial charge on any atom is -0.384 e. The number of nitrogens with zero attached hydrogens (tertiary/aromatic N) is 2. The molecule has 1 aromatic heterocycles. The van der Waals surface area contributed by atoms with Crippen LogP contribution < -0.4 is 0 Å². The van der Waals surface area contributed by atoms with E-state index in [-0.39, 0.29) is 5.82 Å². The molecule has 0 radical (unpaired) electrons. The van der Waals surface area contributed by atoms with Gasteiger partial charge >= 0.3 is 0 Å². The molecule has 5 heteroatoms. The average molecular weight is 313 g/mol. The first-order chi connectivity index (χ1) is 8.60. The summed E-state index contributed by atoms with van der Waals surface area (Å²) in [4.78, 5) is 0. The maximum absolute atomic E-state index is 13.3. The summed E-state index contributed by atoms with van der Waals surface area (Å²) in [7, 11) is 0. The number of rotatable bonds is 4. The smallest absolute Gasteiger partial charge is 0.124 e. The van der Waals surface area contributed by atoms with Crippen molar-refractivity contribution in [2.45, 2.75) is 26.0 Å². The molecule has 0 aliphatic rings. The monoisotopic (exact) mass is 312 g/mol. The van der Waals surface area contributed by atoms with Crippen LogP contribution >= 0.6 is 15.9 Å². The third kappa shape index (κ3) is 2.97. The molecule has 0 fully saturated rings. The molecule has 1 heterocycles. The lowest BCUT2D eigenvalue weighted by Crippen LogP contribution is -2.00. The Hall–Kier alpha value is -1.20. The number of hydrogen-bond acceptors (Lipinski definition) is 2. The van der Waals surface area contributed by atoms with Gasteiger partial charge in [-0.3, -0.25) is 4.68 Å². The van der Waals surface area contributed by atoms with Crippen molar-refractivity contribution in [1.82, 2.24) is 9.78 Å². The fourth-order valence-electron chi connectivity index (χ4n) is 1.80. The van der Waals surface area contributed by atoms with Crippen LogP contribution in [0.25, 0.3) is 0 Å². The minimum atomic E-state index is -0.859. The van der Waals surface area contributed by atoms with E-state index in [9.17, 15) is 9.50 Å². The highest BCUT2D eigenvalue weighted by Gasteiger charge is 2.14. The lowest BCUT2D eigenvalue weighted by molar-refractivity contribution is 0.219. The molecule has 0 spiro atoms. The van der Waals surface area contributed by atoms with Gasteiger partial charge in [0.25, 0.3) is 0 Å². The predicted molar refractivity (Wildman–Crippen MR) is 70.7 cm³/mol. The maximum Gasteiger partial charge on any atom is 0.124 e. The number of aromatic nitrogens is 2. The molecule has 1 aromatic carbocycles. The first-order valence-corrected chi connectivity index (χ1v) is 6.56. The van der Waals surface area contributed by atoms with Crippen molar-refractivity contribution < 1.29 is 9.50 Å². The highest BCUT2D eigenvalue weighted by Crippen LogP contribution is 2.25. The van der Waals surface area contributed by atoms with Crippen molar-refractivity contribution in [1.29, 1.82) is 0 Å². The van der Waals surface area contributed by atoms with Gasteiger partial charge in [0, 0.05) is 22.8 Å². The molecular weight excluding hydrogens is 299 g/mol. The van der Waals surface area contributed by atoms with Gasteiger partial charge in [0.05, 0.1) is 6.20 Å². The molecular formula is C13H14BrFN2O. The molecule has 0 aliphatic carbocycles. The highest BCUT2D eigenvalue weighted by atomic mass is 79.9. The first kappa shape index (κ1) is 13.2. The fourth-order valence-corrected chi connectivity index (χ4v) is 2.28. The van der Waals surface area contributed by atoms with Crippen LogP contribution in [0.5, 0.6) is 0 Å². The third-order valence-corrected chi connectivity index (χ3v) is 3.08. The van der Waals surface area contributed by atoms with Crippen molar-refractivity contribution in [3.05, 3.63) is 52.0 Å². The Morgan fingerprint density at radius 1 is 1.39 bits per heavy atom. The standard InChI is InChI=1S/C13H14BrFN2O/c1-2-3-17-8-10(7-16-17)13(18)9-4-11(14)6-12(15)5-9/h4-8,13,18H,2-3H2,1H3. The summed E-state index contributed by atoms with van der Waals surface area (Å²) in [5, 5.41) is 14.3. The second kappa shape index (κ2) is 5.63. The van der Waals surface area contributed by atoms with E-state index in [1.165, 1.54) is 12.1 Å². The molecule has 0 bridgehead atoms. The number of halogens is 2. The summed E-state index contributed by atoms with van der Waals surface area (Å²) in [6, 6.07) is 4.38. The summed E-state index contributed by atoms with van der Waals surface area (Å²) in [5.41, 5.74) is 1.18. The molecule has 2 aromatic rings. The third-order valence-electron chi connectivity index (χ3n) is 2.62. The van der Waals surface area contributed by atoms with Gasteiger partial charge in [0.15, 0.2) is 0 Å². The van der Waals surface area contributed by atoms with Crippen molar-refractivity contribution in [2.75, 3.05) is 0 Å². The second-order valence-electron chi connectivity index (χ2n) is 4.14. The number of aliphatic hydroxyl groups is 1. The maximum atomic E-state index is 13.3. The first-order valence-electron chi connectivity index (χ1n) is 5.76. The largest absolute Gasteiger partial charge is 0.384 e. The number of benzene rings is 1. The lowest BCUT2D eigenvalue weighted by atomic mass is 10.0. The number of hydrogen-bond donors (Lipinski definition) is 1.